The van der Waals surface area contributed by atoms with Crippen LogP contribution in [0.2, 0.25) is 0 Å². The van der Waals surface area contributed by atoms with Gasteiger partial charge >= 0.3 is 5.97 Å². The summed E-state index contributed by atoms with van der Waals surface area (Å²) in [6.07, 6.45) is 0.536. The van der Waals surface area contributed by atoms with Crippen LogP contribution in [0.3, 0.4) is 0 Å². The summed E-state index contributed by atoms with van der Waals surface area (Å²) in [4.78, 5) is 11.4. The van der Waals surface area contributed by atoms with Crippen molar-refractivity contribution < 1.29 is 23.1 Å². The molecule has 0 bridgehead atoms. The van der Waals surface area contributed by atoms with Crippen LogP contribution in [-0.4, -0.2) is 65.5 Å². The van der Waals surface area contributed by atoms with E-state index in [0.29, 0.717) is 12.8 Å². The average Bonchev–Trinajstić information content (AvgIpc) is 2.72. The van der Waals surface area contributed by atoms with E-state index in [-0.39, 0.29) is 31.8 Å². The fraction of sp³-hybridized carbons (Fsp3) is 0.917. The SMILES string of the molecule is CC1CN(S(=O)(=O)N2CCCC2(C)C(=O)O)CC(C)O1. The number of carboxylic acid groups (broad SMARTS) is 1. The van der Waals surface area contributed by atoms with Gasteiger partial charge < -0.3 is 9.84 Å². The van der Waals surface area contributed by atoms with Crippen LogP contribution in [0.5, 0.6) is 0 Å². The Labute approximate surface area is 119 Å². The summed E-state index contributed by atoms with van der Waals surface area (Å²) in [5.41, 5.74) is -1.34. The Hall–Kier alpha value is -0.700. The largest absolute Gasteiger partial charge is 0.480 e. The summed E-state index contributed by atoms with van der Waals surface area (Å²) in [5.74, 6) is -1.09. The van der Waals surface area contributed by atoms with Gasteiger partial charge in [0.25, 0.3) is 10.2 Å². The summed E-state index contributed by atoms with van der Waals surface area (Å²) >= 11 is 0. The standard InChI is InChI=1S/C12H22N2O5S/c1-9-7-13(8-10(2)19-9)20(17,18)14-6-4-5-12(14,3)11(15)16/h9-10H,4-8H2,1-3H3,(H,15,16). The number of nitrogens with zero attached hydrogens (tertiary/aromatic N) is 2. The number of carbonyl (C=O) groups is 1. The first kappa shape index (κ1) is 15.7. The average molecular weight is 306 g/mol. The predicted octanol–water partition coefficient (Wildman–Crippen LogP) is 0.280. The van der Waals surface area contributed by atoms with Gasteiger partial charge in [-0.05, 0) is 33.6 Å². The second-order valence-electron chi connectivity index (χ2n) is 5.84. The van der Waals surface area contributed by atoms with E-state index in [9.17, 15) is 18.3 Å². The molecule has 0 spiro atoms. The Morgan fingerprint density at radius 2 is 1.85 bits per heavy atom. The van der Waals surface area contributed by atoms with E-state index >= 15 is 0 Å². The van der Waals surface area contributed by atoms with Gasteiger partial charge in [0.05, 0.1) is 12.2 Å². The number of ether oxygens (including phenoxy) is 1. The van der Waals surface area contributed by atoms with Crippen LogP contribution in [0.15, 0.2) is 0 Å². The first-order valence-electron chi connectivity index (χ1n) is 6.84. The Morgan fingerprint density at radius 3 is 2.35 bits per heavy atom. The molecule has 0 radical (unpaired) electrons. The van der Waals surface area contributed by atoms with Gasteiger partial charge in [-0.3, -0.25) is 4.79 Å². The van der Waals surface area contributed by atoms with Gasteiger partial charge in [-0.25, -0.2) is 0 Å². The summed E-state index contributed by atoms with van der Waals surface area (Å²) < 4.78 is 33.5. The zero-order chi connectivity index (χ0) is 15.1. The lowest BCUT2D eigenvalue weighted by Gasteiger charge is -2.39. The molecule has 0 aromatic carbocycles. The maximum atomic E-state index is 12.7. The second kappa shape index (κ2) is 5.25. The molecule has 8 heteroatoms. The highest BCUT2D eigenvalue weighted by Gasteiger charge is 2.51. The minimum absolute atomic E-state index is 0.188. The van der Waals surface area contributed by atoms with Crippen molar-refractivity contribution >= 4 is 16.2 Å². The highest BCUT2D eigenvalue weighted by Crippen LogP contribution is 2.34. The van der Waals surface area contributed by atoms with Crippen LogP contribution >= 0.6 is 0 Å². The van der Waals surface area contributed by atoms with Crippen molar-refractivity contribution in [1.29, 1.82) is 0 Å². The number of morpholine rings is 1. The van der Waals surface area contributed by atoms with Gasteiger partial charge in [0, 0.05) is 19.6 Å². The molecule has 2 aliphatic rings. The third kappa shape index (κ3) is 2.57. The fourth-order valence-electron chi connectivity index (χ4n) is 2.98. The lowest BCUT2D eigenvalue weighted by atomic mass is 10.0. The fourth-order valence-corrected chi connectivity index (χ4v) is 5.09. The van der Waals surface area contributed by atoms with Crippen LogP contribution in [-0.2, 0) is 19.7 Å². The first-order valence-corrected chi connectivity index (χ1v) is 8.24. The third-order valence-corrected chi connectivity index (χ3v) is 6.12. The molecular weight excluding hydrogens is 284 g/mol. The lowest BCUT2D eigenvalue weighted by molar-refractivity contribution is -0.146. The molecule has 0 aromatic rings. The Balaban J connectivity index is 2.28. The zero-order valence-corrected chi connectivity index (χ0v) is 12.9. The predicted molar refractivity (Wildman–Crippen MR) is 72.5 cm³/mol. The van der Waals surface area contributed by atoms with Gasteiger partial charge in [0.2, 0.25) is 0 Å². The molecule has 0 aliphatic carbocycles. The summed E-state index contributed by atoms with van der Waals surface area (Å²) in [7, 11) is -3.77. The third-order valence-electron chi connectivity index (χ3n) is 4.03. The molecule has 3 atom stereocenters. The zero-order valence-electron chi connectivity index (χ0n) is 12.1. The molecule has 2 rings (SSSR count). The molecule has 0 aromatic heterocycles. The van der Waals surface area contributed by atoms with E-state index in [4.69, 9.17) is 4.74 Å². The number of hydrogen-bond acceptors (Lipinski definition) is 4. The Bertz CT molecular complexity index is 484. The molecule has 2 fully saturated rings. The van der Waals surface area contributed by atoms with Gasteiger partial charge in [0.15, 0.2) is 0 Å². The molecule has 2 aliphatic heterocycles. The monoisotopic (exact) mass is 306 g/mol. The van der Waals surface area contributed by atoms with E-state index in [1.54, 1.807) is 0 Å². The minimum atomic E-state index is -3.77. The van der Waals surface area contributed by atoms with Crippen molar-refractivity contribution in [1.82, 2.24) is 8.61 Å². The number of aliphatic carboxylic acids is 1. The molecule has 20 heavy (non-hydrogen) atoms. The van der Waals surface area contributed by atoms with E-state index in [1.165, 1.54) is 11.2 Å². The second-order valence-corrected chi connectivity index (χ2v) is 7.69. The van der Waals surface area contributed by atoms with Gasteiger partial charge in [-0.2, -0.15) is 17.0 Å². The van der Waals surface area contributed by atoms with Crippen molar-refractivity contribution in [2.24, 2.45) is 0 Å². The molecule has 2 heterocycles. The molecule has 7 nitrogen and oxygen atoms in total. The molecular formula is C12H22N2O5S. The summed E-state index contributed by atoms with van der Waals surface area (Å²) in [6, 6.07) is 0. The lowest BCUT2D eigenvalue weighted by Crippen LogP contribution is -2.58. The van der Waals surface area contributed by atoms with Crippen molar-refractivity contribution in [2.45, 2.75) is 51.4 Å². The van der Waals surface area contributed by atoms with Gasteiger partial charge in [-0.1, -0.05) is 0 Å². The normalized spacial score (nSPS) is 37.1. The van der Waals surface area contributed by atoms with Gasteiger partial charge in [-0.15, -0.1) is 0 Å². The maximum absolute atomic E-state index is 12.7. The number of rotatable bonds is 3. The van der Waals surface area contributed by atoms with Gasteiger partial charge in [0.1, 0.15) is 5.54 Å². The highest BCUT2D eigenvalue weighted by atomic mass is 32.2. The molecule has 116 valence electrons. The van der Waals surface area contributed by atoms with Crippen LogP contribution in [0.4, 0.5) is 0 Å². The van der Waals surface area contributed by atoms with E-state index in [0.717, 1.165) is 4.31 Å². The van der Waals surface area contributed by atoms with Crippen LogP contribution in [0.1, 0.15) is 33.6 Å². The molecule has 3 unspecified atom stereocenters. The number of carboxylic acids is 1. The van der Waals surface area contributed by atoms with Crippen LogP contribution in [0, 0.1) is 0 Å². The summed E-state index contributed by atoms with van der Waals surface area (Å²) in [6.45, 7) is 5.90. The quantitative estimate of drug-likeness (QED) is 0.809. The number of hydrogen-bond donors (Lipinski definition) is 1. The van der Waals surface area contributed by atoms with Crippen molar-refractivity contribution in [3.8, 4) is 0 Å². The summed E-state index contributed by atoms with van der Waals surface area (Å²) in [5, 5.41) is 9.36. The van der Waals surface area contributed by atoms with Crippen LogP contribution in [0.25, 0.3) is 0 Å². The molecule has 0 amide bonds. The smallest absolute Gasteiger partial charge is 0.324 e. The van der Waals surface area contributed by atoms with Crippen molar-refractivity contribution in [2.75, 3.05) is 19.6 Å². The Morgan fingerprint density at radius 1 is 1.30 bits per heavy atom. The minimum Gasteiger partial charge on any atom is -0.480 e. The van der Waals surface area contributed by atoms with E-state index in [1.807, 2.05) is 13.8 Å². The Kier molecular flexibility index (Phi) is 4.12. The van der Waals surface area contributed by atoms with Crippen molar-refractivity contribution in [3.05, 3.63) is 0 Å². The highest BCUT2D eigenvalue weighted by molar-refractivity contribution is 7.86. The topological polar surface area (TPSA) is 87.2 Å². The molecule has 0 saturated carbocycles. The molecule has 1 N–H and O–H groups in total. The molecule has 2 saturated heterocycles. The maximum Gasteiger partial charge on any atom is 0.324 e. The van der Waals surface area contributed by atoms with Crippen LogP contribution < -0.4 is 0 Å². The van der Waals surface area contributed by atoms with E-state index < -0.39 is 21.7 Å². The first-order chi connectivity index (χ1) is 9.18. The van der Waals surface area contributed by atoms with Crippen molar-refractivity contribution in [3.63, 3.8) is 0 Å². The van der Waals surface area contributed by atoms with E-state index in [2.05, 4.69) is 0 Å².